The zero-order chi connectivity index (χ0) is 16.5. The summed E-state index contributed by atoms with van der Waals surface area (Å²) in [6.07, 6.45) is 2.92. The lowest BCUT2D eigenvalue weighted by Gasteiger charge is -2.33. The molecule has 2 N–H and O–H groups in total. The molecule has 0 spiro atoms. The Labute approximate surface area is 131 Å². The molecule has 8 heteroatoms. The normalized spacial score (nSPS) is 16.7. The highest BCUT2D eigenvalue weighted by molar-refractivity contribution is 6.59. The van der Waals surface area contributed by atoms with Gasteiger partial charge in [0.05, 0.1) is 11.7 Å². The van der Waals surface area contributed by atoms with Gasteiger partial charge in [-0.05, 0) is 40.5 Å². The smallest absolute Gasteiger partial charge is 0.444 e. The van der Waals surface area contributed by atoms with Crippen molar-refractivity contribution in [3.63, 3.8) is 0 Å². The van der Waals surface area contributed by atoms with Crippen LogP contribution in [0.1, 0.15) is 45.3 Å². The van der Waals surface area contributed by atoms with Gasteiger partial charge < -0.3 is 19.7 Å². The number of piperidine rings is 1. The van der Waals surface area contributed by atoms with Gasteiger partial charge in [-0.2, -0.15) is 5.10 Å². The van der Waals surface area contributed by atoms with E-state index in [1.54, 1.807) is 22.7 Å². The predicted octanol–water partition coefficient (Wildman–Crippen LogP) is 0.443. The number of aromatic nitrogens is 2. The summed E-state index contributed by atoms with van der Waals surface area (Å²) in [4.78, 5) is 13.7. The van der Waals surface area contributed by atoms with E-state index in [4.69, 9.17) is 4.74 Å². The molecular formula is C14H24BN3O4. The molecule has 2 heterocycles. The molecule has 22 heavy (non-hydrogen) atoms. The van der Waals surface area contributed by atoms with E-state index in [1.807, 2.05) is 20.8 Å². The van der Waals surface area contributed by atoms with Crippen LogP contribution < -0.4 is 5.46 Å². The standard InChI is InChI=1S/C14H24BN3O4/c1-10-12(15(20)21)9-18(16-10)11-5-7-17(8-6-11)13(19)22-14(2,3)4/h9,11,20-21H,5-8H2,1-4H3. The molecule has 1 fully saturated rings. The molecule has 7 nitrogen and oxygen atoms in total. The first-order chi connectivity index (χ1) is 10.2. The van der Waals surface area contributed by atoms with E-state index in [9.17, 15) is 14.8 Å². The van der Waals surface area contributed by atoms with Crippen molar-refractivity contribution in [2.75, 3.05) is 13.1 Å². The summed E-state index contributed by atoms with van der Waals surface area (Å²) in [5, 5.41) is 22.9. The van der Waals surface area contributed by atoms with Crippen molar-refractivity contribution in [3.05, 3.63) is 11.9 Å². The van der Waals surface area contributed by atoms with Gasteiger partial charge in [-0.1, -0.05) is 0 Å². The Morgan fingerprint density at radius 2 is 1.95 bits per heavy atom. The van der Waals surface area contributed by atoms with Crippen LogP contribution >= 0.6 is 0 Å². The second-order valence-corrected chi connectivity index (χ2v) is 6.72. The highest BCUT2D eigenvalue weighted by Crippen LogP contribution is 2.23. The molecule has 1 aromatic heterocycles. The highest BCUT2D eigenvalue weighted by atomic mass is 16.6. The zero-order valence-electron chi connectivity index (χ0n) is 13.6. The van der Waals surface area contributed by atoms with Crippen LogP contribution in [0.5, 0.6) is 0 Å². The van der Waals surface area contributed by atoms with Crippen molar-refractivity contribution in [2.24, 2.45) is 0 Å². The molecule has 1 aromatic rings. The van der Waals surface area contributed by atoms with Gasteiger partial charge in [0.25, 0.3) is 0 Å². The van der Waals surface area contributed by atoms with Crippen molar-refractivity contribution in [1.29, 1.82) is 0 Å². The Kier molecular flexibility index (Phi) is 4.82. The molecule has 122 valence electrons. The first kappa shape index (κ1) is 16.8. The summed E-state index contributed by atoms with van der Waals surface area (Å²) < 4.78 is 7.15. The van der Waals surface area contributed by atoms with E-state index in [0.29, 0.717) is 24.2 Å². The van der Waals surface area contributed by atoms with Crippen molar-refractivity contribution in [1.82, 2.24) is 14.7 Å². The number of hydrogen-bond acceptors (Lipinski definition) is 5. The molecule has 1 aliphatic rings. The van der Waals surface area contributed by atoms with Crippen LogP contribution in [0.4, 0.5) is 4.79 Å². The van der Waals surface area contributed by atoms with Crippen LogP contribution in [0.25, 0.3) is 0 Å². The van der Waals surface area contributed by atoms with Crippen LogP contribution in [0.3, 0.4) is 0 Å². The van der Waals surface area contributed by atoms with E-state index < -0.39 is 12.7 Å². The lowest BCUT2D eigenvalue weighted by Crippen LogP contribution is -2.42. The van der Waals surface area contributed by atoms with E-state index in [0.717, 1.165) is 12.8 Å². The van der Waals surface area contributed by atoms with Crippen molar-refractivity contribution >= 4 is 18.7 Å². The SMILES string of the molecule is Cc1nn(C2CCN(C(=O)OC(C)(C)C)CC2)cc1B(O)O. The van der Waals surface area contributed by atoms with Gasteiger partial charge in [0.2, 0.25) is 0 Å². The van der Waals surface area contributed by atoms with E-state index in [1.165, 1.54) is 0 Å². The second-order valence-electron chi connectivity index (χ2n) is 6.72. The van der Waals surface area contributed by atoms with E-state index >= 15 is 0 Å². The van der Waals surface area contributed by atoms with Crippen LogP contribution in [-0.4, -0.2) is 56.6 Å². The molecule has 1 saturated heterocycles. The van der Waals surface area contributed by atoms with Crippen LogP contribution in [0.15, 0.2) is 6.20 Å². The maximum Gasteiger partial charge on any atom is 0.491 e. The first-order valence-corrected chi connectivity index (χ1v) is 7.57. The third-order valence-electron chi connectivity index (χ3n) is 3.72. The summed E-state index contributed by atoms with van der Waals surface area (Å²) in [5.74, 6) is 0. The van der Waals surface area contributed by atoms with Crippen LogP contribution in [0, 0.1) is 6.92 Å². The summed E-state index contributed by atoms with van der Waals surface area (Å²) >= 11 is 0. The summed E-state index contributed by atoms with van der Waals surface area (Å²) in [6.45, 7) is 8.52. The first-order valence-electron chi connectivity index (χ1n) is 7.57. The maximum atomic E-state index is 12.0. The van der Waals surface area contributed by atoms with Crippen LogP contribution in [0.2, 0.25) is 0 Å². The molecule has 0 bridgehead atoms. The largest absolute Gasteiger partial charge is 0.491 e. The monoisotopic (exact) mass is 309 g/mol. The van der Waals surface area contributed by atoms with Gasteiger partial charge in [-0.25, -0.2) is 4.79 Å². The highest BCUT2D eigenvalue weighted by Gasteiger charge is 2.29. The fourth-order valence-corrected chi connectivity index (χ4v) is 2.58. The molecule has 0 radical (unpaired) electrons. The molecule has 1 amide bonds. The second kappa shape index (κ2) is 6.30. The number of nitrogens with zero attached hydrogens (tertiary/aromatic N) is 3. The molecule has 0 aromatic carbocycles. The Hall–Kier alpha value is -1.54. The number of hydrogen-bond donors (Lipinski definition) is 2. The average Bonchev–Trinajstić information content (AvgIpc) is 2.79. The summed E-state index contributed by atoms with van der Waals surface area (Å²) in [7, 11) is -1.50. The van der Waals surface area contributed by atoms with E-state index in [-0.39, 0.29) is 12.1 Å². The molecule has 1 aliphatic heterocycles. The van der Waals surface area contributed by atoms with Gasteiger partial charge in [0, 0.05) is 24.7 Å². The zero-order valence-corrected chi connectivity index (χ0v) is 13.6. The third kappa shape index (κ3) is 4.01. The van der Waals surface area contributed by atoms with Crippen molar-refractivity contribution in [3.8, 4) is 0 Å². The quantitative estimate of drug-likeness (QED) is 0.774. The minimum atomic E-state index is -1.50. The fraction of sp³-hybridized carbons (Fsp3) is 0.714. The average molecular weight is 309 g/mol. The van der Waals surface area contributed by atoms with Gasteiger partial charge in [-0.15, -0.1) is 0 Å². The lowest BCUT2D eigenvalue weighted by atomic mass is 9.81. The number of carbonyl (C=O) groups excluding carboxylic acids is 1. The minimum Gasteiger partial charge on any atom is -0.444 e. The Morgan fingerprint density at radius 3 is 2.41 bits per heavy atom. The van der Waals surface area contributed by atoms with Gasteiger partial charge >= 0.3 is 13.2 Å². The number of amides is 1. The Bertz CT molecular complexity index is 531. The number of ether oxygens (including phenoxy) is 1. The lowest BCUT2D eigenvalue weighted by molar-refractivity contribution is 0.0184. The molecule has 0 atom stereocenters. The molecule has 2 rings (SSSR count). The molecule has 0 unspecified atom stereocenters. The maximum absolute atomic E-state index is 12.0. The van der Waals surface area contributed by atoms with Gasteiger partial charge in [-0.3, -0.25) is 4.68 Å². The molecule has 0 saturated carbocycles. The number of rotatable bonds is 2. The third-order valence-corrected chi connectivity index (χ3v) is 3.72. The van der Waals surface area contributed by atoms with Gasteiger partial charge in [0.15, 0.2) is 0 Å². The topological polar surface area (TPSA) is 87.8 Å². The molecular weight excluding hydrogens is 285 g/mol. The number of likely N-dealkylation sites (tertiary alicyclic amines) is 1. The van der Waals surface area contributed by atoms with Crippen molar-refractivity contribution < 1.29 is 19.6 Å². The van der Waals surface area contributed by atoms with Crippen LogP contribution in [-0.2, 0) is 4.74 Å². The van der Waals surface area contributed by atoms with Crippen molar-refractivity contribution in [2.45, 2.75) is 52.2 Å². The number of carbonyl (C=O) groups is 1. The number of aryl methyl sites for hydroxylation is 1. The predicted molar refractivity (Wildman–Crippen MR) is 82.9 cm³/mol. The Morgan fingerprint density at radius 1 is 1.36 bits per heavy atom. The summed E-state index contributed by atoms with van der Waals surface area (Å²) in [6, 6.07) is 0.157. The fourth-order valence-electron chi connectivity index (χ4n) is 2.58. The molecule has 0 aliphatic carbocycles. The minimum absolute atomic E-state index is 0.157. The van der Waals surface area contributed by atoms with E-state index in [2.05, 4.69) is 5.10 Å². The summed E-state index contributed by atoms with van der Waals surface area (Å²) in [5.41, 5.74) is 0.554. The van der Waals surface area contributed by atoms with Gasteiger partial charge in [0.1, 0.15) is 5.60 Å². The Balaban J connectivity index is 1.95.